The standard InChI is InChI=1S/C19H24N2O6/c1-3-26-19(25)16-6-4-5-11-21(16)17(23)12-27-18(24)14-7-9-15(10-8-14)20-13(2)22/h7-10,16H,3-6,11-12H2,1-2H3,(H,20,22)/t16-/m1/s1. The van der Waals surface area contributed by atoms with E-state index in [1.54, 1.807) is 19.1 Å². The highest BCUT2D eigenvalue weighted by Gasteiger charge is 2.33. The van der Waals surface area contributed by atoms with Crippen LogP contribution in [0.25, 0.3) is 0 Å². The molecule has 146 valence electrons. The summed E-state index contributed by atoms with van der Waals surface area (Å²) < 4.78 is 10.1. The summed E-state index contributed by atoms with van der Waals surface area (Å²) in [5, 5.41) is 2.59. The zero-order chi connectivity index (χ0) is 19.8. The molecule has 1 aliphatic rings. The lowest BCUT2D eigenvalue weighted by atomic mass is 10.0. The Hall–Kier alpha value is -2.90. The van der Waals surface area contributed by atoms with Gasteiger partial charge in [-0.25, -0.2) is 9.59 Å². The molecule has 8 nitrogen and oxygen atoms in total. The van der Waals surface area contributed by atoms with Gasteiger partial charge in [0.2, 0.25) is 5.91 Å². The highest BCUT2D eigenvalue weighted by molar-refractivity contribution is 5.93. The van der Waals surface area contributed by atoms with E-state index in [2.05, 4.69) is 5.32 Å². The number of amides is 2. The monoisotopic (exact) mass is 376 g/mol. The van der Waals surface area contributed by atoms with Gasteiger partial charge in [0.05, 0.1) is 12.2 Å². The summed E-state index contributed by atoms with van der Waals surface area (Å²) in [6.07, 6.45) is 2.18. The second-order valence-electron chi connectivity index (χ2n) is 6.19. The number of nitrogens with one attached hydrogen (secondary N) is 1. The molecule has 1 fully saturated rings. The minimum atomic E-state index is -0.651. The number of piperidine rings is 1. The third-order valence-electron chi connectivity index (χ3n) is 4.15. The van der Waals surface area contributed by atoms with Gasteiger partial charge < -0.3 is 19.7 Å². The summed E-state index contributed by atoms with van der Waals surface area (Å²) in [6, 6.07) is 5.52. The van der Waals surface area contributed by atoms with E-state index in [4.69, 9.17) is 9.47 Å². The van der Waals surface area contributed by atoms with Crippen LogP contribution in [0.15, 0.2) is 24.3 Å². The lowest BCUT2D eigenvalue weighted by Crippen LogP contribution is -2.50. The van der Waals surface area contributed by atoms with Crippen LogP contribution < -0.4 is 5.32 Å². The topological polar surface area (TPSA) is 102 Å². The first-order valence-corrected chi connectivity index (χ1v) is 8.93. The van der Waals surface area contributed by atoms with Crippen LogP contribution in [0.5, 0.6) is 0 Å². The third kappa shape index (κ3) is 5.80. The average Bonchev–Trinajstić information content (AvgIpc) is 2.66. The Bertz CT molecular complexity index is 701. The smallest absolute Gasteiger partial charge is 0.338 e. The van der Waals surface area contributed by atoms with Gasteiger partial charge in [-0.05, 0) is 50.5 Å². The van der Waals surface area contributed by atoms with E-state index in [0.29, 0.717) is 18.7 Å². The minimum absolute atomic E-state index is 0.214. The number of ether oxygens (including phenoxy) is 2. The van der Waals surface area contributed by atoms with Crippen LogP contribution in [-0.4, -0.2) is 54.5 Å². The number of esters is 2. The molecular formula is C19H24N2O6. The molecule has 1 heterocycles. The maximum absolute atomic E-state index is 12.4. The van der Waals surface area contributed by atoms with Crippen LogP contribution in [0, 0.1) is 0 Å². The summed E-state index contributed by atoms with van der Waals surface area (Å²) >= 11 is 0. The molecular weight excluding hydrogens is 352 g/mol. The normalized spacial score (nSPS) is 16.4. The molecule has 0 spiro atoms. The summed E-state index contributed by atoms with van der Waals surface area (Å²) in [7, 11) is 0. The first-order chi connectivity index (χ1) is 12.9. The molecule has 1 saturated heterocycles. The molecule has 1 aliphatic heterocycles. The molecule has 0 bridgehead atoms. The SMILES string of the molecule is CCOC(=O)[C@H]1CCCCN1C(=O)COC(=O)c1ccc(NC(C)=O)cc1. The van der Waals surface area contributed by atoms with E-state index in [9.17, 15) is 19.2 Å². The van der Waals surface area contributed by atoms with Crippen molar-refractivity contribution in [3.63, 3.8) is 0 Å². The second-order valence-corrected chi connectivity index (χ2v) is 6.19. The van der Waals surface area contributed by atoms with Gasteiger partial charge >= 0.3 is 11.9 Å². The van der Waals surface area contributed by atoms with E-state index < -0.39 is 30.5 Å². The van der Waals surface area contributed by atoms with Crippen LogP contribution >= 0.6 is 0 Å². The molecule has 27 heavy (non-hydrogen) atoms. The molecule has 0 unspecified atom stereocenters. The van der Waals surface area contributed by atoms with Gasteiger partial charge in [-0.15, -0.1) is 0 Å². The molecule has 0 saturated carbocycles. The Balaban J connectivity index is 1.92. The number of rotatable bonds is 6. The molecule has 2 rings (SSSR count). The third-order valence-corrected chi connectivity index (χ3v) is 4.15. The zero-order valence-corrected chi connectivity index (χ0v) is 15.5. The van der Waals surface area contributed by atoms with Crippen LogP contribution in [-0.2, 0) is 23.9 Å². The van der Waals surface area contributed by atoms with E-state index in [1.807, 2.05) is 0 Å². The summed E-state index contributed by atoms with van der Waals surface area (Å²) in [6.45, 7) is 3.35. The molecule has 1 atom stereocenters. The lowest BCUT2D eigenvalue weighted by Gasteiger charge is -2.33. The van der Waals surface area contributed by atoms with Gasteiger partial charge in [0, 0.05) is 19.2 Å². The van der Waals surface area contributed by atoms with E-state index in [-0.39, 0.29) is 18.1 Å². The lowest BCUT2D eigenvalue weighted by molar-refractivity contribution is -0.157. The summed E-state index contributed by atoms with van der Waals surface area (Å²) in [5.74, 6) is -1.71. The van der Waals surface area contributed by atoms with Crippen LogP contribution in [0.2, 0.25) is 0 Å². The zero-order valence-electron chi connectivity index (χ0n) is 15.5. The van der Waals surface area contributed by atoms with Crippen molar-refractivity contribution in [3.05, 3.63) is 29.8 Å². The first kappa shape index (κ1) is 20.4. The van der Waals surface area contributed by atoms with Crippen molar-refractivity contribution in [2.24, 2.45) is 0 Å². The van der Waals surface area contributed by atoms with Crippen molar-refractivity contribution in [3.8, 4) is 0 Å². The van der Waals surface area contributed by atoms with E-state index >= 15 is 0 Å². The van der Waals surface area contributed by atoms with Crippen molar-refractivity contribution in [1.29, 1.82) is 0 Å². The van der Waals surface area contributed by atoms with E-state index in [1.165, 1.54) is 24.0 Å². The second kappa shape index (κ2) is 9.70. The Kier molecular flexibility index (Phi) is 7.34. The molecule has 0 aliphatic carbocycles. The van der Waals surface area contributed by atoms with Crippen molar-refractivity contribution in [2.45, 2.75) is 39.2 Å². The number of hydrogen-bond donors (Lipinski definition) is 1. The maximum Gasteiger partial charge on any atom is 0.338 e. The van der Waals surface area contributed by atoms with Crippen molar-refractivity contribution >= 4 is 29.4 Å². The molecule has 2 amide bonds. The van der Waals surface area contributed by atoms with Crippen LogP contribution in [0.3, 0.4) is 0 Å². The number of likely N-dealkylation sites (tertiary alicyclic amines) is 1. The fourth-order valence-corrected chi connectivity index (χ4v) is 2.90. The van der Waals surface area contributed by atoms with Crippen molar-refractivity contribution in [2.75, 3.05) is 25.1 Å². The molecule has 1 aromatic carbocycles. The maximum atomic E-state index is 12.4. The highest BCUT2D eigenvalue weighted by atomic mass is 16.5. The Morgan fingerprint density at radius 2 is 1.81 bits per heavy atom. The molecule has 8 heteroatoms. The van der Waals surface area contributed by atoms with Gasteiger partial charge in [0.25, 0.3) is 5.91 Å². The molecule has 1 N–H and O–H groups in total. The van der Waals surface area contributed by atoms with Crippen LogP contribution in [0.1, 0.15) is 43.5 Å². The summed E-state index contributed by atoms with van der Waals surface area (Å²) in [5.41, 5.74) is 0.818. The summed E-state index contributed by atoms with van der Waals surface area (Å²) in [4.78, 5) is 49.0. The first-order valence-electron chi connectivity index (χ1n) is 8.93. The fourth-order valence-electron chi connectivity index (χ4n) is 2.90. The van der Waals surface area contributed by atoms with Gasteiger partial charge in [0.15, 0.2) is 6.61 Å². The average molecular weight is 376 g/mol. The number of benzene rings is 1. The van der Waals surface area contributed by atoms with E-state index in [0.717, 1.165) is 12.8 Å². The fraction of sp³-hybridized carbons (Fsp3) is 0.474. The largest absolute Gasteiger partial charge is 0.464 e. The number of hydrogen-bond acceptors (Lipinski definition) is 6. The Morgan fingerprint density at radius 3 is 2.44 bits per heavy atom. The van der Waals surface area contributed by atoms with Gasteiger partial charge in [-0.1, -0.05) is 0 Å². The number of nitrogens with zero attached hydrogens (tertiary/aromatic N) is 1. The number of carbonyl (C=O) groups is 4. The molecule has 0 radical (unpaired) electrons. The molecule has 0 aromatic heterocycles. The number of anilines is 1. The van der Waals surface area contributed by atoms with Gasteiger partial charge in [-0.3, -0.25) is 9.59 Å². The molecule has 1 aromatic rings. The van der Waals surface area contributed by atoms with Crippen LogP contribution in [0.4, 0.5) is 5.69 Å². The minimum Gasteiger partial charge on any atom is -0.464 e. The van der Waals surface area contributed by atoms with Crippen molar-refractivity contribution < 1.29 is 28.7 Å². The van der Waals surface area contributed by atoms with Gasteiger partial charge in [-0.2, -0.15) is 0 Å². The highest BCUT2D eigenvalue weighted by Crippen LogP contribution is 2.19. The predicted octanol–water partition coefficient (Wildman–Crippen LogP) is 1.75. The van der Waals surface area contributed by atoms with Gasteiger partial charge in [0.1, 0.15) is 6.04 Å². The number of carbonyl (C=O) groups excluding carboxylic acids is 4. The Labute approximate surface area is 157 Å². The Morgan fingerprint density at radius 1 is 1.11 bits per heavy atom. The van der Waals surface area contributed by atoms with Crippen molar-refractivity contribution in [1.82, 2.24) is 4.90 Å². The quantitative estimate of drug-likeness (QED) is 0.759. The predicted molar refractivity (Wildman–Crippen MR) is 97.0 cm³/mol.